The molecule has 122 valence electrons. The van der Waals surface area contributed by atoms with Gasteiger partial charge in [0.1, 0.15) is 0 Å². The largest absolute Gasteiger partial charge is 0.479 e. The van der Waals surface area contributed by atoms with E-state index >= 15 is 0 Å². The molecule has 5 nitrogen and oxygen atoms in total. The Bertz CT molecular complexity index is 512. The van der Waals surface area contributed by atoms with Crippen molar-refractivity contribution in [2.45, 2.75) is 45.1 Å². The monoisotopic (exact) mass is 307 g/mol. The van der Waals surface area contributed by atoms with Crippen molar-refractivity contribution in [2.75, 3.05) is 13.7 Å². The first-order chi connectivity index (χ1) is 10.3. The van der Waals surface area contributed by atoms with Crippen LogP contribution in [0.25, 0.3) is 0 Å². The van der Waals surface area contributed by atoms with Crippen molar-refractivity contribution in [1.82, 2.24) is 5.32 Å². The average Bonchev–Trinajstić information content (AvgIpc) is 2.45. The number of hydrogen-bond acceptors (Lipinski definition) is 3. The summed E-state index contributed by atoms with van der Waals surface area (Å²) in [6.45, 7) is 5.41. The molecule has 1 amide bonds. The van der Waals surface area contributed by atoms with Crippen molar-refractivity contribution < 1.29 is 19.4 Å². The van der Waals surface area contributed by atoms with Crippen molar-refractivity contribution >= 4 is 11.9 Å². The number of rotatable bonds is 8. The van der Waals surface area contributed by atoms with Gasteiger partial charge in [-0.1, -0.05) is 36.8 Å². The summed E-state index contributed by atoms with van der Waals surface area (Å²) < 4.78 is 4.90. The number of carboxylic acid groups (broad SMARTS) is 1. The van der Waals surface area contributed by atoms with E-state index in [-0.39, 0.29) is 24.9 Å². The van der Waals surface area contributed by atoms with Gasteiger partial charge in [-0.05, 0) is 31.7 Å². The number of carbonyl (C=O) groups excluding carboxylic acids is 1. The number of methoxy groups -OCH3 is 1. The second-order valence-corrected chi connectivity index (χ2v) is 5.84. The molecule has 0 saturated carbocycles. The number of benzene rings is 1. The molecule has 0 fully saturated rings. The number of carboxylic acids is 1. The van der Waals surface area contributed by atoms with Crippen molar-refractivity contribution in [3.05, 3.63) is 35.4 Å². The number of nitrogens with one attached hydrogen (secondary N) is 1. The van der Waals surface area contributed by atoms with Gasteiger partial charge in [-0.3, -0.25) is 4.79 Å². The topological polar surface area (TPSA) is 75.6 Å². The zero-order valence-electron chi connectivity index (χ0n) is 13.7. The first-order valence-corrected chi connectivity index (χ1v) is 7.42. The Morgan fingerprint density at radius 3 is 2.36 bits per heavy atom. The lowest BCUT2D eigenvalue weighted by Gasteiger charge is -2.26. The molecule has 2 N–H and O–H groups in total. The first kappa shape index (κ1) is 18.2. The SMILES string of the molecule is CCC(CC(=O)NC(C)(COC)C(=O)O)c1ccc(C)cc1. The number of ether oxygens (including phenoxy) is 1. The maximum absolute atomic E-state index is 12.2. The van der Waals surface area contributed by atoms with Gasteiger partial charge in [0, 0.05) is 13.5 Å². The summed E-state index contributed by atoms with van der Waals surface area (Å²) >= 11 is 0. The third-order valence-corrected chi connectivity index (χ3v) is 3.79. The molecule has 22 heavy (non-hydrogen) atoms. The Morgan fingerprint density at radius 1 is 1.32 bits per heavy atom. The van der Waals surface area contributed by atoms with Crippen LogP contribution in [-0.4, -0.2) is 36.2 Å². The molecule has 0 aliphatic heterocycles. The molecule has 0 heterocycles. The summed E-state index contributed by atoms with van der Waals surface area (Å²) in [5.41, 5.74) is 0.853. The van der Waals surface area contributed by atoms with Crippen LogP contribution in [0.15, 0.2) is 24.3 Å². The van der Waals surface area contributed by atoms with Gasteiger partial charge >= 0.3 is 5.97 Å². The lowest BCUT2D eigenvalue weighted by atomic mass is 9.91. The summed E-state index contributed by atoms with van der Waals surface area (Å²) in [6, 6.07) is 8.06. The number of hydrogen-bond donors (Lipinski definition) is 2. The van der Waals surface area contributed by atoms with Gasteiger partial charge in [-0.25, -0.2) is 4.79 Å². The maximum Gasteiger partial charge on any atom is 0.331 e. The van der Waals surface area contributed by atoms with Gasteiger partial charge in [-0.2, -0.15) is 0 Å². The fraction of sp³-hybridized carbons (Fsp3) is 0.529. The molecule has 0 bridgehead atoms. The molecule has 0 aliphatic carbocycles. The van der Waals surface area contributed by atoms with Gasteiger partial charge in [0.25, 0.3) is 0 Å². The van der Waals surface area contributed by atoms with Gasteiger partial charge in [0.15, 0.2) is 5.54 Å². The molecule has 0 radical (unpaired) electrons. The number of carbonyl (C=O) groups is 2. The molecule has 1 rings (SSSR count). The summed E-state index contributed by atoms with van der Waals surface area (Å²) in [6.07, 6.45) is 1.07. The summed E-state index contributed by atoms with van der Waals surface area (Å²) in [5.74, 6) is -1.32. The number of aliphatic carboxylic acids is 1. The molecule has 0 spiro atoms. The van der Waals surface area contributed by atoms with E-state index in [1.54, 1.807) is 0 Å². The van der Waals surface area contributed by atoms with E-state index in [2.05, 4.69) is 5.32 Å². The van der Waals surface area contributed by atoms with E-state index < -0.39 is 11.5 Å². The van der Waals surface area contributed by atoms with Gasteiger partial charge < -0.3 is 15.2 Å². The van der Waals surface area contributed by atoms with Crippen molar-refractivity contribution in [1.29, 1.82) is 0 Å². The second kappa shape index (κ2) is 7.94. The van der Waals surface area contributed by atoms with Gasteiger partial charge in [0.2, 0.25) is 5.91 Å². The van der Waals surface area contributed by atoms with Gasteiger partial charge in [-0.15, -0.1) is 0 Å². The Balaban J connectivity index is 2.76. The van der Waals surface area contributed by atoms with Crippen LogP contribution >= 0.6 is 0 Å². The molecule has 2 atom stereocenters. The Labute approximate surface area is 131 Å². The number of aryl methyl sites for hydroxylation is 1. The van der Waals surface area contributed by atoms with Gasteiger partial charge in [0.05, 0.1) is 6.61 Å². The van der Waals surface area contributed by atoms with Crippen molar-refractivity contribution in [3.63, 3.8) is 0 Å². The van der Waals surface area contributed by atoms with Crippen LogP contribution in [-0.2, 0) is 14.3 Å². The van der Waals surface area contributed by atoms with Crippen molar-refractivity contribution in [3.8, 4) is 0 Å². The first-order valence-electron chi connectivity index (χ1n) is 7.42. The molecule has 5 heteroatoms. The molecule has 0 aliphatic rings. The van der Waals surface area contributed by atoms with E-state index in [1.165, 1.54) is 19.6 Å². The normalized spacial score (nSPS) is 14.9. The highest BCUT2D eigenvalue weighted by Gasteiger charge is 2.35. The summed E-state index contributed by atoms with van der Waals surface area (Å²) in [7, 11) is 1.41. The summed E-state index contributed by atoms with van der Waals surface area (Å²) in [4.78, 5) is 23.5. The van der Waals surface area contributed by atoms with E-state index in [4.69, 9.17) is 4.74 Å². The number of amides is 1. The van der Waals surface area contributed by atoms with Crippen LogP contribution < -0.4 is 5.32 Å². The van der Waals surface area contributed by atoms with E-state index in [0.29, 0.717) is 0 Å². The Morgan fingerprint density at radius 2 is 1.91 bits per heavy atom. The van der Waals surface area contributed by atoms with Crippen molar-refractivity contribution in [2.24, 2.45) is 0 Å². The highest BCUT2D eigenvalue weighted by Crippen LogP contribution is 2.24. The molecular weight excluding hydrogens is 282 g/mol. The third-order valence-electron chi connectivity index (χ3n) is 3.79. The predicted molar refractivity (Wildman–Crippen MR) is 84.9 cm³/mol. The quantitative estimate of drug-likeness (QED) is 0.773. The predicted octanol–water partition coefficient (Wildman–Crippen LogP) is 2.48. The van der Waals surface area contributed by atoms with Crippen LogP contribution in [0.4, 0.5) is 0 Å². The summed E-state index contributed by atoms with van der Waals surface area (Å²) in [5, 5.41) is 11.8. The third kappa shape index (κ3) is 4.84. The van der Waals surface area contributed by atoms with Crippen LogP contribution in [0.5, 0.6) is 0 Å². The van der Waals surface area contributed by atoms with E-state index in [0.717, 1.165) is 12.0 Å². The fourth-order valence-electron chi connectivity index (χ4n) is 2.36. The lowest BCUT2D eigenvalue weighted by molar-refractivity contribution is -0.149. The highest BCUT2D eigenvalue weighted by molar-refractivity contribution is 5.87. The van der Waals surface area contributed by atoms with Crippen LogP contribution in [0.3, 0.4) is 0 Å². The van der Waals surface area contributed by atoms with E-state index in [1.807, 2.05) is 38.1 Å². The van der Waals surface area contributed by atoms with Crippen LogP contribution in [0.2, 0.25) is 0 Å². The molecule has 1 aromatic carbocycles. The average molecular weight is 307 g/mol. The molecule has 0 saturated heterocycles. The Kier molecular flexibility index (Phi) is 6.56. The molecular formula is C17H25NO4. The standard InChI is InChI=1S/C17H25NO4/c1-5-13(14-8-6-12(2)7-9-14)10-15(19)18-17(3,11-22-4)16(20)21/h6-9,13H,5,10-11H2,1-4H3,(H,18,19)(H,20,21). The fourth-order valence-corrected chi connectivity index (χ4v) is 2.36. The van der Waals surface area contributed by atoms with Crippen LogP contribution in [0, 0.1) is 6.92 Å². The minimum atomic E-state index is -1.41. The van der Waals surface area contributed by atoms with Crippen LogP contribution in [0.1, 0.15) is 43.7 Å². The zero-order chi connectivity index (χ0) is 16.8. The van der Waals surface area contributed by atoms with E-state index in [9.17, 15) is 14.7 Å². The smallest absolute Gasteiger partial charge is 0.331 e. The Hall–Kier alpha value is -1.88. The highest BCUT2D eigenvalue weighted by atomic mass is 16.5. The zero-order valence-corrected chi connectivity index (χ0v) is 13.7. The molecule has 1 aromatic rings. The maximum atomic E-state index is 12.2. The molecule has 0 aromatic heterocycles. The minimum Gasteiger partial charge on any atom is -0.479 e. The lowest BCUT2D eigenvalue weighted by Crippen LogP contribution is -2.55. The minimum absolute atomic E-state index is 0.0705. The second-order valence-electron chi connectivity index (χ2n) is 5.84. The molecule has 2 unspecified atom stereocenters.